The maximum Gasteiger partial charge on any atom is 0.173 e. The molecule has 4 nitrogen and oxygen atoms in total. The van der Waals surface area contributed by atoms with Crippen molar-refractivity contribution in [2.24, 2.45) is 0 Å². The van der Waals surface area contributed by atoms with Gasteiger partial charge in [-0.2, -0.15) is 5.10 Å². The Morgan fingerprint density at radius 3 is 2.68 bits per heavy atom. The summed E-state index contributed by atoms with van der Waals surface area (Å²) in [6, 6.07) is 10.3. The van der Waals surface area contributed by atoms with E-state index in [4.69, 9.17) is 0 Å². The fraction of sp³-hybridized carbons (Fsp3) is 0.222. The average molecular weight is 292 g/mol. The third kappa shape index (κ3) is 2.48. The molecule has 112 valence electrons. The quantitative estimate of drug-likeness (QED) is 0.785. The first-order valence-corrected chi connectivity index (χ1v) is 7.45. The number of fused-ring (bicyclic) bond motifs is 1. The Hall–Kier alpha value is -2.62. The van der Waals surface area contributed by atoms with E-state index in [0.29, 0.717) is 0 Å². The van der Waals surface area contributed by atoms with E-state index in [2.05, 4.69) is 52.3 Å². The first-order valence-electron chi connectivity index (χ1n) is 7.45. The van der Waals surface area contributed by atoms with Gasteiger partial charge in [0.2, 0.25) is 0 Å². The molecule has 3 aromatic rings. The highest BCUT2D eigenvalue weighted by Gasteiger charge is 2.14. The molecule has 0 fully saturated rings. The number of benzene rings is 1. The minimum atomic E-state index is 0.730. The summed E-state index contributed by atoms with van der Waals surface area (Å²) in [4.78, 5) is 0. The molecule has 0 aliphatic heterocycles. The van der Waals surface area contributed by atoms with Crippen molar-refractivity contribution in [3.05, 3.63) is 59.4 Å². The van der Waals surface area contributed by atoms with E-state index in [1.807, 2.05) is 37.4 Å². The molecular formula is C18H20N4. The first kappa shape index (κ1) is 14.3. The van der Waals surface area contributed by atoms with Crippen LogP contribution in [-0.4, -0.2) is 14.8 Å². The van der Waals surface area contributed by atoms with Crippen molar-refractivity contribution < 1.29 is 0 Å². The zero-order valence-corrected chi connectivity index (χ0v) is 13.2. The Bertz CT molecular complexity index is 816. The highest BCUT2D eigenvalue weighted by atomic mass is 15.2. The molecule has 0 spiro atoms. The second kappa shape index (κ2) is 6.02. The fourth-order valence-electron chi connectivity index (χ4n) is 2.68. The van der Waals surface area contributed by atoms with Gasteiger partial charge in [-0.25, -0.2) is 0 Å². The van der Waals surface area contributed by atoms with Gasteiger partial charge in [-0.1, -0.05) is 36.4 Å². The lowest BCUT2D eigenvalue weighted by molar-refractivity contribution is 1.00. The van der Waals surface area contributed by atoms with Crippen LogP contribution in [0.1, 0.15) is 23.7 Å². The highest BCUT2D eigenvalue weighted by Crippen LogP contribution is 2.29. The van der Waals surface area contributed by atoms with Crippen molar-refractivity contribution in [2.75, 3.05) is 5.32 Å². The van der Waals surface area contributed by atoms with Gasteiger partial charge in [0.05, 0.1) is 11.7 Å². The van der Waals surface area contributed by atoms with Crippen molar-refractivity contribution in [1.82, 2.24) is 14.8 Å². The van der Waals surface area contributed by atoms with Gasteiger partial charge in [-0.15, -0.1) is 5.10 Å². The molecule has 0 saturated heterocycles. The normalized spacial score (nSPS) is 11.4. The lowest BCUT2D eigenvalue weighted by Gasteiger charge is -2.08. The third-order valence-electron chi connectivity index (χ3n) is 3.97. The molecule has 0 aliphatic carbocycles. The van der Waals surface area contributed by atoms with Gasteiger partial charge in [-0.05, 0) is 31.9 Å². The van der Waals surface area contributed by atoms with E-state index < -0.39 is 0 Å². The molecule has 2 heterocycles. The van der Waals surface area contributed by atoms with Crippen molar-refractivity contribution in [3.8, 4) is 0 Å². The lowest BCUT2D eigenvalue weighted by atomic mass is 10.2. The van der Waals surface area contributed by atoms with Crippen LogP contribution in [0.25, 0.3) is 17.1 Å². The summed E-state index contributed by atoms with van der Waals surface area (Å²) in [5.41, 5.74) is 4.76. The zero-order chi connectivity index (χ0) is 15.5. The molecule has 0 aliphatic rings. The highest BCUT2D eigenvalue weighted by molar-refractivity contribution is 5.94. The van der Waals surface area contributed by atoms with Crippen molar-refractivity contribution >= 4 is 22.9 Å². The lowest BCUT2D eigenvalue weighted by Crippen LogP contribution is -2.04. The molecule has 0 atom stereocenters. The molecule has 4 heteroatoms. The van der Waals surface area contributed by atoms with Gasteiger partial charge in [0.1, 0.15) is 0 Å². The maximum absolute atomic E-state index is 4.30. The molecule has 0 radical (unpaired) electrons. The molecule has 0 unspecified atom stereocenters. The van der Waals surface area contributed by atoms with Crippen molar-refractivity contribution in [3.63, 3.8) is 0 Å². The van der Waals surface area contributed by atoms with Gasteiger partial charge in [0, 0.05) is 23.8 Å². The molecule has 0 bridgehead atoms. The van der Waals surface area contributed by atoms with Crippen LogP contribution in [-0.2, 0) is 6.54 Å². The van der Waals surface area contributed by atoms with Gasteiger partial charge in [-0.3, -0.25) is 0 Å². The summed E-state index contributed by atoms with van der Waals surface area (Å²) >= 11 is 0. The summed E-state index contributed by atoms with van der Waals surface area (Å²) in [6.45, 7) is 7.00. The van der Waals surface area contributed by atoms with Crippen LogP contribution in [0.2, 0.25) is 0 Å². The minimum Gasteiger partial charge on any atom is -0.363 e. The number of nitrogens with one attached hydrogen (secondary N) is 1. The van der Waals surface area contributed by atoms with Gasteiger partial charge >= 0.3 is 0 Å². The molecule has 0 saturated carbocycles. The Balaban J connectivity index is 2.04. The Morgan fingerprint density at radius 1 is 1.18 bits per heavy atom. The molecule has 1 aromatic carbocycles. The third-order valence-corrected chi connectivity index (χ3v) is 3.97. The van der Waals surface area contributed by atoms with Crippen LogP contribution in [0.4, 0.5) is 5.82 Å². The van der Waals surface area contributed by atoms with Crippen molar-refractivity contribution in [2.45, 2.75) is 27.3 Å². The molecule has 1 N–H and O–H groups in total. The molecule has 22 heavy (non-hydrogen) atoms. The Morgan fingerprint density at radius 2 is 1.95 bits per heavy atom. The predicted molar refractivity (Wildman–Crippen MR) is 91.8 cm³/mol. The summed E-state index contributed by atoms with van der Waals surface area (Å²) in [6.07, 6.45) is 5.94. The number of hydrogen-bond acceptors (Lipinski definition) is 3. The van der Waals surface area contributed by atoms with Crippen LogP contribution < -0.4 is 5.32 Å². The van der Waals surface area contributed by atoms with E-state index in [0.717, 1.165) is 23.3 Å². The van der Waals surface area contributed by atoms with Crippen LogP contribution in [0, 0.1) is 13.8 Å². The smallest absolute Gasteiger partial charge is 0.173 e. The minimum absolute atomic E-state index is 0.730. The predicted octanol–water partition coefficient (Wildman–Crippen LogP) is 4.15. The number of rotatable bonds is 4. The topological polar surface area (TPSA) is 42.7 Å². The van der Waals surface area contributed by atoms with Crippen LogP contribution in [0.3, 0.4) is 0 Å². The van der Waals surface area contributed by atoms with E-state index in [1.165, 1.54) is 16.8 Å². The number of anilines is 1. The largest absolute Gasteiger partial charge is 0.363 e. The van der Waals surface area contributed by atoms with E-state index >= 15 is 0 Å². The number of allylic oxidation sites excluding steroid dienone is 1. The Labute approximate surface area is 130 Å². The monoisotopic (exact) mass is 292 g/mol. The molecular weight excluding hydrogens is 272 g/mol. The molecule has 2 aromatic heterocycles. The SMILES string of the molecule is CC=Cn1c(C)c(C)c2cnnc(NCc3ccccc3)c21. The Kier molecular flexibility index (Phi) is 3.92. The summed E-state index contributed by atoms with van der Waals surface area (Å²) in [5, 5.41) is 13.0. The number of nitrogens with zero attached hydrogens (tertiary/aromatic N) is 3. The second-order valence-electron chi connectivity index (χ2n) is 5.36. The van der Waals surface area contributed by atoms with Crippen molar-refractivity contribution in [1.29, 1.82) is 0 Å². The summed E-state index contributed by atoms with van der Waals surface area (Å²) in [5.74, 6) is 0.815. The molecule has 3 rings (SSSR count). The van der Waals surface area contributed by atoms with E-state index in [-0.39, 0.29) is 0 Å². The number of aryl methyl sites for hydroxylation is 1. The van der Waals surface area contributed by atoms with E-state index in [1.54, 1.807) is 0 Å². The van der Waals surface area contributed by atoms with Gasteiger partial charge < -0.3 is 9.88 Å². The summed E-state index contributed by atoms with van der Waals surface area (Å²) < 4.78 is 2.17. The van der Waals surface area contributed by atoms with Crippen LogP contribution >= 0.6 is 0 Å². The van der Waals surface area contributed by atoms with Gasteiger partial charge in [0.25, 0.3) is 0 Å². The maximum atomic E-state index is 4.30. The standard InChI is InChI=1S/C18H20N4/c1-4-10-22-14(3)13(2)16-12-20-21-18(17(16)22)19-11-15-8-6-5-7-9-15/h4-10,12H,11H2,1-3H3,(H,19,21). The second-order valence-corrected chi connectivity index (χ2v) is 5.36. The zero-order valence-electron chi connectivity index (χ0n) is 13.2. The summed E-state index contributed by atoms with van der Waals surface area (Å²) in [7, 11) is 0. The fourth-order valence-corrected chi connectivity index (χ4v) is 2.68. The van der Waals surface area contributed by atoms with Crippen LogP contribution in [0.15, 0.2) is 42.6 Å². The first-order chi connectivity index (χ1) is 10.7. The number of hydrogen-bond donors (Lipinski definition) is 1. The van der Waals surface area contributed by atoms with Gasteiger partial charge in [0.15, 0.2) is 5.82 Å². The molecule has 0 amide bonds. The van der Waals surface area contributed by atoms with Crippen LogP contribution in [0.5, 0.6) is 0 Å². The van der Waals surface area contributed by atoms with E-state index in [9.17, 15) is 0 Å². The average Bonchev–Trinajstić information content (AvgIpc) is 2.80. The number of aromatic nitrogens is 3.